The van der Waals surface area contributed by atoms with Crippen LogP contribution in [-0.2, 0) is 13.2 Å². The Bertz CT molecular complexity index is 952. The summed E-state index contributed by atoms with van der Waals surface area (Å²) in [6.07, 6.45) is 1.77. The van der Waals surface area contributed by atoms with Crippen LogP contribution in [0.1, 0.15) is 21.1 Å². The molecule has 8 heteroatoms. The molecule has 2 aromatic heterocycles. The molecule has 0 amide bonds. The molecule has 0 aliphatic heterocycles. The molecule has 0 N–H and O–H groups in total. The second kappa shape index (κ2) is 9.21. The maximum Gasteiger partial charge on any atom is 0.192 e. The van der Waals surface area contributed by atoms with Gasteiger partial charge in [-0.25, -0.2) is 0 Å². The SMILES string of the molecule is C=CCn1c(COc2cccc(C)c2)nnc1SCC(=O)c1ccc(Cl)s1. The van der Waals surface area contributed by atoms with Gasteiger partial charge in [-0.2, -0.15) is 0 Å². The summed E-state index contributed by atoms with van der Waals surface area (Å²) in [5.41, 5.74) is 1.13. The van der Waals surface area contributed by atoms with Crippen LogP contribution in [0.2, 0.25) is 4.34 Å². The molecule has 0 saturated heterocycles. The van der Waals surface area contributed by atoms with Gasteiger partial charge in [0.25, 0.3) is 0 Å². The van der Waals surface area contributed by atoms with Crippen LogP contribution < -0.4 is 4.74 Å². The highest BCUT2D eigenvalue weighted by Crippen LogP contribution is 2.25. The fraction of sp³-hybridized carbons (Fsp3) is 0.211. The number of hydrogen-bond acceptors (Lipinski definition) is 6. The van der Waals surface area contributed by atoms with Gasteiger partial charge in [0.05, 0.1) is 15.0 Å². The van der Waals surface area contributed by atoms with Crippen LogP contribution in [0.5, 0.6) is 5.75 Å². The first-order chi connectivity index (χ1) is 13.1. The average Bonchev–Trinajstić information content (AvgIpc) is 3.25. The van der Waals surface area contributed by atoms with Crippen molar-refractivity contribution in [3.63, 3.8) is 0 Å². The van der Waals surface area contributed by atoms with E-state index in [0.717, 1.165) is 11.3 Å². The number of carbonyl (C=O) groups is 1. The van der Waals surface area contributed by atoms with Crippen molar-refractivity contribution in [1.29, 1.82) is 0 Å². The number of aromatic nitrogens is 3. The molecular weight excluding hydrogens is 402 g/mol. The van der Waals surface area contributed by atoms with Crippen molar-refractivity contribution in [2.24, 2.45) is 0 Å². The van der Waals surface area contributed by atoms with Crippen molar-refractivity contribution in [2.75, 3.05) is 5.75 Å². The number of carbonyl (C=O) groups excluding carboxylic acids is 1. The molecule has 3 rings (SSSR count). The van der Waals surface area contributed by atoms with E-state index < -0.39 is 0 Å². The number of allylic oxidation sites excluding steroid dienone is 1. The molecular formula is C19H18ClN3O2S2. The molecule has 5 nitrogen and oxygen atoms in total. The lowest BCUT2D eigenvalue weighted by Crippen LogP contribution is -2.08. The zero-order valence-corrected chi connectivity index (χ0v) is 17.1. The lowest BCUT2D eigenvalue weighted by atomic mass is 10.2. The lowest BCUT2D eigenvalue weighted by Gasteiger charge is -2.09. The summed E-state index contributed by atoms with van der Waals surface area (Å²) in [6, 6.07) is 11.3. The highest BCUT2D eigenvalue weighted by molar-refractivity contribution is 7.99. The monoisotopic (exact) mass is 419 g/mol. The predicted octanol–water partition coefficient (Wildman–Crippen LogP) is 5.04. The molecule has 0 unspecified atom stereocenters. The number of thiophene rings is 1. The van der Waals surface area contributed by atoms with Crippen molar-refractivity contribution < 1.29 is 9.53 Å². The van der Waals surface area contributed by atoms with Crippen LogP contribution in [0.15, 0.2) is 54.2 Å². The van der Waals surface area contributed by atoms with Crippen LogP contribution in [-0.4, -0.2) is 26.3 Å². The molecule has 0 spiro atoms. The standard InChI is InChI=1S/C19H18ClN3O2S2/c1-3-9-23-18(11-25-14-6-4-5-13(2)10-14)21-22-19(23)26-12-15(24)16-7-8-17(20)27-16/h3-8,10H,1,9,11-12H2,2H3. The van der Waals surface area contributed by atoms with Crippen LogP contribution in [0, 0.1) is 6.92 Å². The second-order valence-corrected chi connectivity index (χ2v) is 8.38. The van der Waals surface area contributed by atoms with E-state index in [2.05, 4.69) is 16.8 Å². The zero-order valence-electron chi connectivity index (χ0n) is 14.7. The molecule has 3 aromatic rings. The third kappa shape index (κ3) is 5.22. The van der Waals surface area contributed by atoms with Gasteiger partial charge in [0.1, 0.15) is 12.4 Å². The minimum atomic E-state index is 0.0163. The maximum absolute atomic E-state index is 12.3. The highest BCUT2D eigenvalue weighted by atomic mass is 35.5. The van der Waals surface area contributed by atoms with Crippen molar-refractivity contribution in [3.8, 4) is 5.75 Å². The van der Waals surface area contributed by atoms with Crippen molar-refractivity contribution in [1.82, 2.24) is 14.8 Å². The van der Waals surface area contributed by atoms with Gasteiger partial charge in [0, 0.05) is 6.54 Å². The zero-order chi connectivity index (χ0) is 19.2. The Morgan fingerprint density at radius 3 is 2.93 bits per heavy atom. The molecule has 0 saturated carbocycles. The van der Waals surface area contributed by atoms with Gasteiger partial charge in [-0.1, -0.05) is 41.6 Å². The van der Waals surface area contributed by atoms with Crippen LogP contribution in [0.4, 0.5) is 0 Å². The molecule has 0 fully saturated rings. The molecule has 0 aliphatic rings. The summed E-state index contributed by atoms with van der Waals surface area (Å²) in [5, 5.41) is 9.09. The Balaban J connectivity index is 1.67. The molecule has 0 bridgehead atoms. The van der Waals surface area contributed by atoms with E-state index in [1.807, 2.05) is 35.8 Å². The van der Waals surface area contributed by atoms with Gasteiger partial charge in [0.2, 0.25) is 0 Å². The van der Waals surface area contributed by atoms with E-state index in [-0.39, 0.29) is 11.5 Å². The summed E-state index contributed by atoms with van der Waals surface area (Å²) in [7, 11) is 0. The Hall–Kier alpha value is -2.09. The first-order valence-corrected chi connectivity index (χ1v) is 10.4. The average molecular weight is 420 g/mol. The Kier molecular flexibility index (Phi) is 6.71. The number of ether oxygens (including phenoxy) is 1. The van der Waals surface area contributed by atoms with Gasteiger partial charge in [-0.3, -0.25) is 9.36 Å². The largest absolute Gasteiger partial charge is 0.486 e. The fourth-order valence-electron chi connectivity index (χ4n) is 2.36. The smallest absolute Gasteiger partial charge is 0.192 e. The molecule has 0 aliphatic carbocycles. The van der Waals surface area contributed by atoms with E-state index in [1.165, 1.54) is 23.1 Å². The van der Waals surface area contributed by atoms with E-state index in [4.69, 9.17) is 16.3 Å². The maximum atomic E-state index is 12.3. The van der Waals surface area contributed by atoms with E-state index in [9.17, 15) is 4.79 Å². The molecule has 0 radical (unpaired) electrons. The number of benzene rings is 1. The minimum absolute atomic E-state index is 0.0163. The van der Waals surface area contributed by atoms with E-state index in [0.29, 0.717) is 33.3 Å². The summed E-state index contributed by atoms with van der Waals surface area (Å²) < 4.78 is 8.33. The van der Waals surface area contributed by atoms with Crippen LogP contribution >= 0.6 is 34.7 Å². The number of rotatable bonds is 9. The molecule has 1 aromatic carbocycles. The number of aryl methyl sites for hydroxylation is 1. The van der Waals surface area contributed by atoms with Gasteiger partial charge in [0.15, 0.2) is 16.8 Å². The first kappa shape index (κ1) is 19.7. The number of nitrogens with zero attached hydrogens (tertiary/aromatic N) is 3. The third-order valence-electron chi connectivity index (χ3n) is 3.64. The quantitative estimate of drug-likeness (QED) is 0.276. The lowest BCUT2D eigenvalue weighted by molar-refractivity contribution is 0.102. The number of hydrogen-bond donors (Lipinski definition) is 0. The van der Waals surface area contributed by atoms with Gasteiger partial charge in [-0.05, 0) is 36.8 Å². The number of halogens is 1. The third-order valence-corrected chi connectivity index (χ3v) is 5.88. The summed E-state index contributed by atoms with van der Waals surface area (Å²) >= 11 is 8.52. The van der Waals surface area contributed by atoms with Crippen molar-refractivity contribution in [3.05, 3.63) is 69.7 Å². The Labute approximate surface area is 171 Å². The van der Waals surface area contributed by atoms with E-state index >= 15 is 0 Å². The van der Waals surface area contributed by atoms with Gasteiger partial charge >= 0.3 is 0 Å². The minimum Gasteiger partial charge on any atom is -0.486 e. The number of ketones is 1. The number of Topliss-reactive ketones (excluding diaryl/α,β-unsaturated/α-hetero) is 1. The first-order valence-electron chi connectivity index (χ1n) is 8.20. The summed E-state index contributed by atoms with van der Waals surface area (Å²) in [6.45, 7) is 6.63. The normalized spacial score (nSPS) is 10.7. The molecule has 2 heterocycles. The van der Waals surface area contributed by atoms with E-state index in [1.54, 1.807) is 18.2 Å². The topological polar surface area (TPSA) is 57.0 Å². The fourth-order valence-corrected chi connectivity index (χ4v) is 4.29. The van der Waals surface area contributed by atoms with Crippen molar-refractivity contribution >= 4 is 40.5 Å². The summed E-state index contributed by atoms with van der Waals surface area (Å²) in [5.74, 6) is 1.75. The molecule has 140 valence electrons. The molecule has 0 atom stereocenters. The van der Waals surface area contributed by atoms with Crippen LogP contribution in [0.3, 0.4) is 0 Å². The van der Waals surface area contributed by atoms with Crippen LogP contribution in [0.25, 0.3) is 0 Å². The highest BCUT2D eigenvalue weighted by Gasteiger charge is 2.16. The van der Waals surface area contributed by atoms with Gasteiger partial charge < -0.3 is 4.74 Å². The van der Waals surface area contributed by atoms with Crippen molar-refractivity contribution in [2.45, 2.75) is 25.2 Å². The Morgan fingerprint density at radius 2 is 2.22 bits per heavy atom. The molecule has 27 heavy (non-hydrogen) atoms. The number of thioether (sulfide) groups is 1. The Morgan fingerprint density at radius 1 is 1.37 bits per heavy atom. The summed E-state index contributed by atoms with van der Waals surface area (Å²) in [4.78, 5) is 12.9. The second-order valence-electron chi connectivity index (χ2n) is 5.72. The van der Waals surface area contributed by atoms with Gasteiger partial charge in [-0.15, -0.1) is 28.1 Å². The predicted molar refractivity (Wildman–Crippen MR) is 110 cm³/mol.